The lowest BCUT2D eigenvalue weighted by Gasteiger charge is -2.25. The first-order chi connectivity index (χ1) is 7.36. The van der Waals surface area contributed by atoms with Crippen molar-refractivity contribution in [3.05, 3.63) is 42.3 Å². The van der Waals surface area contributed by atoms with Crippen LogP contribution in [-0.2, 0) is 0 Å². The van der Waals surface area contributed by atoms with E-state index in [9.17, 15) is 4.79 Å². The minimum Gasteiger partial charge on any atom is -0.296 e. The summed E-state index contributed by atoms with van der Waals surface area (Å²) in [5.74, 6) is 0.234. The van der Waals surface area contributed by atoms with E-state index in [1.165, 1.54) is 0 Å². The van der Waals surface area contributed by atoms with Gasteiger partial charge >= 0.3 is 0 Å². The van der Waals surface area contributed by atoms with Crippen LogP contribution in [0.2, 0.25) is 0 Å². The Balaban J connectivity index is 1.91. The van der Waals surface area contributed by atoms with Gasteiger partial charge in [0.1, 0.15) is 0 Å². The SMILES string of the molecule is O=C(CN1CC[CH]CC1)c1ccccc1. The topological polar surface area (TPSA) is 20.3 Å². The van der Waals surface area contributed by atoms with Crippen LogP contribution in [-0.4, -0.2) is 30.3 Å². The molecule has 79 valence electrons. The van der Waals surface area contributed by atoms with Crippen molar-refractivity contribution in [1.29, 1.82) is 0 Å². The highest BCUT2D eigenvalue weighted by Crippen LogP contribution is 2.09. The number of nitrogens with zero attached hydrogens (tertiary/aromatic N) is 1. The van der Waals surface area contributed by atoms with E-state index in [1.54, 1.807) is 0 Å². The van der Waals surface area contributed by atoms with Gasteiger partial charge in [0.05, 0.1) is 6.54 Å². The number of hydrogen-bond acceptors (Lipinski definition) is 2. The minimum atomic E-state index is 0.234. The normalized spacial score (nSPS) is 17.6. The van der Waals surface area contributed by atoms with Crippen LogP contribution in [0.1, 0.15) is 23.2 Å². The fourth-order valence-electron chi connectivity index (χ4n) is 1.88. The molecule has 0 bridgehead atoms. The number of carbonyl (C=O) groups excluding carboxylic acids is 1. The van der Waals surface area contributed by atoms with Gasteiger partial charge < -0.3 is 0 Å². The highest BCUT2D eigenvalue weighted by Gasteiger charge is 2.14. The number of ketones is 1. The van der Waals surface area contributed by atoms with Gasteiger partial charge in [0.2, 0.25) is 0 Å². The minimum absolute atomic E-state index is 0.234. The van der Waals surface area contributed by atoms with Crippen LogP contribution in [0.5, 0.6) is 0 Å². The van der Waals surface area contributed by atoms with E-state index < -0.39 is 0 Å². The number of carbonyl (C=O) groups is 1. The van der Waals surface area contributed by atoms with Gasteiger partial charge in [-0.15, -0.1) is 0 Å². The molecule has 0 unspecified atom stereocenters. The Hall–Kier alpha value is -1.15. The Labute approximate surface area is 90.9 Å². The van der Waals surface area contributed by atoms with Crippen molar-refractivity contribution in [2.75, 3.05) is 19.6 Å². The van der Waals surface area contributed by atoms with Crippen molar-refractivity contribution in [2.45, 2.75) is 12.8 Å². The molecule has 1 aromatic rings. The van der Waals surface area contributed by atoms with Gasteiger partial charge in [-0.05, 0) is 32.4 Å². The molecule has 0 aromatic heterocycles. The average Bonchev–Trinajstić information content (AvgIpc) is 2.31. The van der Waals surface area contributed by atoms with Crippen molar-refractivity contribution in [2.24, 2.45) is 0 Å². The maximum atomic E-state index is 11.9. The summed E-state index contributed by atoms with van der Waals surface area (Å²) in [4.78, 5) is 14.1. The van der Waals surface area contributed by atoms with Crippen molar-refractivity contribution >= 4 is 5.78 Å². The molecule has 0 saturated carbocycles. The molecule has 1 aliphatic rings. The maximum Gasteiger partial charge on any atom is 0.176 e. The molecule has 0 spiro atoms. The molecule has 1 aromatic carbocycles. The molecule has 2 nitrogen and oxygen atoms in total. The molecule has 2 heteroatoms. The van der Waals surface area contributed by atoms with Gasteiger partial charge in [-0.3, -0.25) is 9.69 Å². The van der Waals surface area contributed by atoms with E-state index in [0.29, 0.717) is 6.54 Å². The Bertz CT molecular complexity index is 315. The molecule has 1 saturated heterocycles. The zero-order chi connectivity index (χ0) is 10.5. The molecule has 1 aliphatic heterocycles. The van der Waals surface area contributed by atoms with Crippen LogP contribution < -0.4 is 0 Å². The fraction of sp³-hybridized carbons (Fsp3) is 0.385. The second kappa shape index (κ2) is 5.08. The summed E-state index contributed by atoms with van der Waals surface area (Å²) in [5.41, 5.74) is 0.826. The van der Waals surface area contributed by atoms with E-state index in [4.69, 9.17) is 0 Å². The van der Waals surface area contributed by atoms with E-state index in [0.717, 1.165) is 31.5 Å². The number of rotatable bonds is 3. The maximum absolute atomic E-state index is 11.9. The zero-order valence-electron chi connectivity index (χ0n) is 8.86. The molecule has 15 heavy (non-hydrogen) atoms. The number of likely N-dealkylation sites (tertiary alicyclic amines) is 1. The molecule has 0 N–H and O–H groups in total. The largest absolute Gasteiger partial charge is 0.296 e. The summed E-state index contributed by atoms with van der Waals surface area (Å²) in [6.07, 6.45) is 4.52. The van der Waals surface area contributed by atoms with Gasteiger partial charge in [0.25, 0.3) is 0 Å². The first-order valence-corrected chi connectivity index (χ1v) is 5.48. The van der Waals surface area contributed by atoms with Crippen LogP contribution in [0.3, 0.4) is 0 Å². The summed E-state index contributed by atoms with van der Waals surface area (Å²) in [6, 6.07) is 9.54. The zero-order valence-corrected chi connectivity index (χ0v) is 8.86. The van der Waals surface area contributed by atoms with Crippen LogP contribution >= 0.6 is 0 Å². The lowest BCUT2D eigenvalue weighted by Crippen LogP contribution is -2.34. The highest BCUT2D eigenvalue weighted by atomic mass is 16.1. The van der Waals surface area contributed by atoms with E-state index in [-0.39, 0.29) is 5.78 Å². The van der Waals surface area contributed by atoms with Crippen molar-refractivity contribution in [3.8, 4) is 0 Å². The van der Waals surface area contributed by atoms with E-state index >= 15 is 0 Å². The molecule has 1 heterocycles. The van der Waals surface area contributed by atoms with Crippen LogP contribution in [0.4, 0.5) is 0 Å². The Morgan fingerprint density at radius 3 is 2.47 bits per heavy atom. The second-order valence-electron chi connectivity index (χ2n) is 3.93. The molecule has 1 fully saturated rings. The first-order valence-electron chi connectivity index (χ1n) is 5.48. The van der Waals surface area contributed by atoms with Gasteiger partial charge in [0.15, 0.2) is 5.78 Å². The van der Waals surface area contributed by atoms with E-state index in [2.05, 4.69) is 11.3 Å². The summed E-state index contributed by atoms with van der Waals surface area (Å²) in [7, 11) is 0. The number of Topliss-reactive ketones (excluding diaryl/α,β-unsaturated/α-hetero) is 1. The van der Waals surface area contributed by atoms with Crippen LogP contribution in [0.25, 0.3) is 0 Å². The lowest BCUT2D eigenvalue weighted by atomic mass is 10.1. The number of benzene rings is 1. The number of hydrogen-bond donors (Lipinski definition) is 0. The molecule has 2 rings (SSSR count). The molecular weight excluding hydrogens is 186 g/mol. The van der Waals surface area contributed by atoms with Gasteiger partial charge in [-0.1, -0.05) is 30.3 Å². The quantitative estimate of drug-likeness (QED) is 0.700. The average molecular weight is 202 g/mol. The molecule has 0 amide bonds. The standard InChI is InChI=1S/C13H16NO/c15-13(12-7-3-1-4-8-12)11-14-9-5-2-6-10-14/h1-4,7-8H,5-6,9-11H2. The van der Waals surface area contributed by atoms with Gasteiger partial charge in [0, 0.05) is 5.56 Å². The second-order valence-corrected chi connectivity index (χ2v) is 3.93. The first kappa shape index (κ1) is 10.4. The Morgan fingerprint density at radius 1 is 1.13 bits per heavy atom. The Kier molecular flexibility index (Phi) is 3.51. The molecular formula is C13H16NO. The lowest BCUT2D eigenvalue weighted by molar-refractivity contribution is 0.0924. The molecule has 0 atom stereocenters. The summed E-state index contributed by atoms with van der Waals surface area (Å²) >= 11 is 0. The van der Waals surface area contributed by atoms with Crippen LogP contribution in [0, 0.1) is 6.42 Å². The van der Waals surface area contributed by atoms with Crippen LogP contribution in [0.15, 0.2) is 30.3 Å². The van der Waals surface area contributed by atoms with Crippen molar-refractivity contribution < 1.29 is 4.79 Å². The summed E-state index contributed by atoms with van der Waals surface area (Å²) in [5, 5.41) is 0. The third kappa shape index (κ3) is 2.90. The summed E-state index contributed by atoms with van der Waals surface area (Å²) < 4.78 is 0. The smallest absolute Gasteiger partial charge is 0.176 e. The Morgan fingerprint density at radius 2 is 1.80 bits per heavy atom. The van der Waals surface area contributed by atoms with Gasteiger partial charge in [-0.2, -0.15) is 0 Å². The van der Waals surface area contributed by atoms with Crippen molar-refractivity contribution in [1.82, 2.24) is 4.90 Å². The predicted molar refractivity (Wildman–Crippen MR) is 60.7 cm³/mol. The third-order valence-corrected chi connectivity index (χ3v) is 2.76. The van der Waals surface area contributed by atoms with Crippen molar-refractivity contribution in [3.63, 3.8) is 0 Å². The third-order valence-electron chi connectivity index (χ3n) is 2.76. The molecule has 0 aliphatic carbocycles. The number of piperidine rings is 1. The van der Waals surface area contributed by atoms with E-state index in [1.807, 2.05) is 30.3 Å². The summed E-state index contributed by atoms with van der Waals surface area (Å²) in [6.45, 7) is 2.62. The fourth-order valence-corrected chi connectivity index (χ4v) is 1.88. The highest BCUT2D eigenvalue weighted by molar-refractivity contribution is 5.97. The molecule has 1 radical (unpaired) electrons. The van der Waals surface area contributed by atoms with Gasteiger partial charge in [-0.25, -0.2) is 0 Å². The predicted octanol–water partition coefficient (Wildman–Crippen LogP) is 2.17. The monoisotopic (exact) mass is 202 g/mol.